The topological polar surface area (TPSA) is 40.6 Å². The molecule has 0 spiro atoms. The molecule has 0 amide bonds. The maximum atomic E-state index is 11.0. The largest absolute Gasteiger partial charge is 0.299 e. The van der Waals surface area contributed by atoms with Gasteiger partial charge >= 0.3 is 0 Å². The molecule has 0 bridgehead atoms. The molecular weight excluding hydrogens is 164 g/mol. The van der Waals surface area contributed by atoms with Crippen LogP contribution in [-0.4, -0.2) is 50.1 Å². The molecule has 0 aromatic rings. The van der Waals surface area contributed by atoms with Gasteiger partial charge in [0.1, 0.15) is 0 Å². The van der Waals surface area contributed by atoms with Crippen molar-refractivity contribution in [3.05, 3.63) is 7.05 Å². The second-order valence-electron chi connectivity index (χ2n) is 2.78. The van der Waals surface area contributed by atoms with Gasteiger partial charge in [-0.3, -0.25) is 4.90 Å². The van der Waals surface area contributed by atoms with E-state index in [1.54, 1.807) is 0 Å². The summed E-state index contributed by atoms with van der Waals surface area (Å²) in [7, 11) is 0.755. The summed E-state index contributed by atoms with van der Waals surface area (Å²) in [6, 6.07) is 0. The summed E-state index contributed by atoms with van der Waals surface area (Å²) in [6.45, 7) is 2.60. The van der Waals surface area contributed by atoms with Crippen molar-refractivity contribution >= 4 is 10.0 Å². The van der Waals surface area contributed by atoms with Crippen LogP contribution in [-0.2, 0) is 10.0 Å². The molecule has 1 rings (SSSR count). The van der Waals surface area contributed by atoms with Gasteiger partial charge in [0.15, 0.2) is 0 Å². The maximum absolute atomic E-state index is 11.0. The van der Waals surface area contributed by atoms with Crippen LogP contribution >= 0.6 is 0 Å². The zero-order chi connectivity index (χ0) is 8.48. The zero-order valence-corrected chi connectivity index (χ0v) is 7.47. The van der Waals surface area contributed by atoms with Gasteiger partial charge in [-0.15, -0.1) is 0 Å². The number of nitrogens with zero attached hydrogens (tertiary/aromatic N) is 2. The molecule has 0 aromatic heterocycles. The van der Waals surface area contributed by atoms with E-state index in [4.69, 9.17) is 0 Å². The Labute approximate surface area is 67.8 Å². The molecule has 0 aliphatic carbocycles. The van der Waals surface area contributed by atoms with Gasteiger partial charge in [0, 0.05) is 33.2 Å². The quantitative estimate of drug-likeness (QED) is 0.534. The first kappa shape index (κ1) is 8.96. The lowest BCUT2D eigenvalue weighted by molar-refractivity contribution is 0.242. The summed E-state index contributed by atoms with van der Waals surface area (Å²) in [5.41, 5.74) is 0. The number of rotatable bonds is 1. The van der Waals surface area contributed by atoms with Crippen molar-refractivity contribution in [3.63, 3.8) is 0 Å². The first-order valence-electron chi connectivity index (χ1n) is 3.51. The average Bonchev–Trinajstić information content (AvgIpc) is 1.86. The SMILES string of the molecule is [CH2]N1CCN(S(C)(=O)=O)CC1. The third-order valence-corrected chi connectivity index (χ3v) is 3.10. The highest BCUT2D eigenvalue weighted by atomic mass is 32.2. The summed E-state index contributed by atoms with van der Waals surface area (Å²) in [5.74, 6) is 0. The smallest absolute Gasteiger partial charge is 0.211 e. The van der Waals surface area contributed by atoms with Crippen molar-refractivity contribution in [2.24, 2.45) is 0 Å². The van der Waals surface area contributed by atoms with Crippen LogP contribution in [0.5, 0.6) is 0 Å². The minimum atomic E-state index is -2.97. The van der Waals surface area contributed by atoms with Crippen molar-refractivity contribution in [3.8, 4) is 0 Å². The van der Waals surface area contributed by atoms with Crippen molar-refractivity contribution in [2.75, 3.05) is 32.4 Å². The van der Waals surface area contributed by atoms with Gasteiger partial charge in [-0.25, -0.2) is 8.42 Å². The van der Waals surface area contributed by atoms with Crippen molar-refractivity contribution in [2.45, 2.75) is 0 Å². The van der Waals surface area contributed by atoms with Gasteiger partial charge < -0.3 is 0 Å². The molecule has 0 aromatic carbocycles. The van der Waals surface area contributed by atoms with Crippen LogP contribution in [0.3, 0.4) is 0 Å². The maximum Gasteiger partial charge on any atom is 0.211 e. The molecule has 0 N–H and O–H groups in total. The lowest BCUT2D eigenvalue weighted by Gasteiger charge is -2.30. The van der Waals surface area contributed by atoms with Crippen molar-refractivity contribution in [1.82, 2.24) is 9.21 Å². The van der Waals surface area contributed by atoms with E-state index in [2.05, 4.69) is 7.05 Å². The number of piperazine rings is 1. The third kappa shape index (κ3) is 2.43. The van der Waals surface area contributed by atoms with Gasteiger partial charge in [0.05, 0.1) is 6.26 Å². The Kier molecular flexibility index (Phi) is 2.51. The summed E-state index contributed by atoms with van der Waals surface area (Å²) in [5, 5.41) is 0. The molecule has 1 radical (unpaired) electrons. The highest BCUT2D eigenvalue weighted by molar-refractivity contribution is 7.88. The molecule has 1 saturated heterocycles. The Morgan fingerprint density at radius 1 is 1.18 bits per heavy atom. The van der Waals surface area contributed by atoms with Crippen LogP contribution in [0.4, 0.5) is 0 Å². The fourth-order valence-corrected chi connectivity index (χ4v) is 1.89. The van der Waals surface area contributed by atoms with Crippen LogP contribution in [0.2, 0.25) is 0 Å². The van der Waals surface area contributed by atoms with Gasteiger partial charge in [0.25, 0.3) is 0 Å². The van der Waals surface area contributed by atoms with E-state index in [9.17, 15) is 8.42 Å². The molecule has 1 heterocycles. The van der Waals surface area contributed by atoms with Crippen LogP contribution in [0.15, 0.2) is 0 Å². The van der Waals surface area contributed by atoms with Crippen LogP contribution in [0.25, 0.3) is 0 Å². The molecule has 1 aliphatic rings. The minimum Gasteiger partial charge on any atom is -0.299 e. The molecule has 0 saturated carbocycles. The van der Waals surface area contributed by atoms with E-state index in [1.807, 2.05) is 4.90 Å². The highest BCUT2D eigenvalue weighted by Gasteiger charge is 2.20. The van der Waals surface area contributed by atoms with Gasteiger partial charge in [0.2, 0.25) is 10.0 Å². The van der Waals surface area contributed by atoms with Gasteiger partial charge in [-0.05, 0) is 0 Å². The summed E-state index contributed by atoms with van der Waals surface area (Å²) in [6.07, 6.45) is 1.24. The lowest BCUT2D eigenvalue weighted by atomic mass is 10.4. The summed E-state index contributed by atoms with van der Waals surface area (Å²) < 4.78 is 23.4. The number of hydrogen-bond donors (Lipinski definition) is 0. The molecule has 65 valence electrons. The van der Waals surface area contributed by atoms with Crippen LogP contribution in [0, 0.1) is 7.05 Å². The highest BCUT2D eigenvalue weighted by Crippen LogP contribution is 2.03. The minimum absolute atomic E-state index is 0.572. The Hall–Kier alpha value is -0.130. The van der Waals surface area contributed by atoms with E-state index < -0.39 is 10.0 Å². The van der Waals surface area contributed by atoms with Crippen LogP contribution < -0.4 is 0 Å². The summed E-state index contributed by atoms with van der Waals surface area (Å²) in [4.78, 5) is 1.88. The van der Waals surface area contributed by atoms with Crippen LogP contribution in [0.1, 0.15) is 0 Å². The van der Waals surface area contributed by atoms with Crippen molar-refractivity contribution in [1.29, 1.82) is 0 Å². The molecule has 4 nitrogen and oxygen atoms in total. The molecule has 11 heavy (non-hydrogen) atoms. The second-order valence-corrected chi connectivity index (χ2v) is 4.76. The Balaban J connectivity index is 2.53. The second kappa shape index (κ2) is 3.08. The Morgan fingerprint density at radius 2 is 1.64 bits per heavy atom. The first-order chi connectivity index (χ1) is 5.00. The van der Waals surface area contributed by atoms with Gasteiger partial charge in [-0.1, -0.05) is 0 Å². The third-order valence-electron chi connectivity index (χ3n) is 1.80. The number of hydrogen-bond acceptors (Lipinski definition) is 3. The van der Waals surface area contributed by atoms with E-state index in [-0.39, 0.29) is 0 Å². The zero-order valence-electron chi connectivity index (χ0n) is 6.65. The molecule has 5 heteroatoms. The molecule has 0 atom stereocenters. The predicted octanol–water partition coefficient (Wildman–Crippen LogP) is -0.645. The van der Waals surface area contributed by atoms with Gasteiger partial charge in [-0.2, -0.15) is 4.31 Å². The first-order valence-corrected chi connectivity index (χ1v) is 5.35. The molecule has 1 fully saturated rings. The lowest BCUT2D eigenvalue weighted by Crippen LogP contribution is -2.45. The van der Waals surface area contributed by atoms with Crippen molar-refractivity contribution < 1.29 is 8.42 Å². The van der Waals surface area contributed by atoms with E-state index in [0.29, 0.717) is 13.1 Å². The normalized spacial score (nSPS) is 23.8. The fourth-order valence-electron chi connectivity index (χ4n) is 1.06. The Bertz CT molecular complexity index is 217. The Morgan fingerprint density at radius 3 is 2.00 bits per heavy atom. The van der Waals surface area contributed by atoms with E-state index in [0.717, 1.165) is 13.1 Å². The molecule has 1 aliphatic heterocycles. The molecular formula is C6H13N2O2S. The van der Waals surface area contributed by atoms with E-state index >= 15 is 0 Å². The summed E-state index contributed by atoms with van der Waals surface area (Å²) >= 11 is 0. The standard InChI is InChI=1S/C6H13N2O2S/c1-7-3-5-8(6-4-7)11(2,9)10/h1,3-6H2,2H3. The predicted molar refractivity (Wildman–Crippen MR) is 43.3 cm³/mol. The fraction of sp³-hybridized carbons (Fsp3) is 0.833. The van der Waals surface area contributed by atoms with E-state index in [1.165, 1.54) is 10.6 Å². The monoisotopic (exact) mass is 177 g/mol. The average molecular weight is 177 g/mol. The molecule has 0 unspecified atom stereocenters. The number of sulfonamides is 1.